The van der Waals surface area contributed by atoms with Crippen LogP contribution in [-0.2, 0) is 0 Å². The summed E-state index contributed by atoms with van der Waals surface area (Å²) < 4.78 is 0. The van der Waals surface area contributed by atoms with E-state index in [1.807, 2.05) is 6.07 Å². The molecule has 1 aromatic rings. The average Bonchev–Trinajstić information content (AvgIpc) is 2.21. The highest BCUT2D eigenvalue weighted by atomic mass is 14.1. The third kappa shape index (κ3) is 2.45. The van der Waals surface area contributed by atoms with E-state index in [0.717, 1.165) is 0 Å². The van der Waals surface area contributed by atoms with Gasteiger partial charge in [0.2, 0.25) is 0 Å². The molecule has 0 heteroatoms. The normalized spacial score (nSPS) is 10.4. The lowest BCUT2D eigenvalue weighted by Crippen LogP contribution is -1.99. The zero-order valence-electron chi connectivity index (χ0n) is 8.59. The molecule has 0 aliphatic rings. The number of hydrogen-bond donors (Lipinski definition) is 0. The second kappa shape index (κ2) is 4.86. The Balaban J connectivity index is 2.78. The highest BCUT2D eigenvalue weighted by Gasteiger charge is 2.08. The van der Waals surface area contributed by atoms with Gasteiger partial charge in [0.1, 0.15) is 0 Å². The fourth-order valence-corrected chi connectivity index (χ4v) is 1.67. The van der Waals surface area contributed by atoms with Crippen molar-refractivity contribution < 1.29 is 0 Å². The number of rotatable bonds is 4. The monoisotopic (exact) mass is 174 g/mol. The van der Waals surface area contributed by atoms with E-state index in [1.54, 1.807) is 0 Å². The summed E-state index contributed by atoms with van der Waals surface area (Å²) in [6.07, 6.45) is 2.37. The highest BCUT2D eigenvalue weighted by molar-refractivity contribution is 5.64. The minimum atomic E-state index is 0.641. The summed E-state index contributed by atoms with van der Waals surface area (Å²) in [6, 6.07) is 10.5. The van der Waals surface area contributed by atoms with Crippen LogP contribution in [0, 0.1) is 5.92 Å². The topological polar surface area (TPSA) is 0 Å². The van der Waals surface area contributed by atoms with Crippen LogP contribution in [0.1, 0.15) is 32.3 Å². The van der Waals surface area contributed by atoms with Gasteiger partial charge in [-0.3, -0.25) is 0 Å². The minimum absolute atomic E-state index is 0.641. The summed E-state index contributed by atoms with van der Waals surface area (Å²) in [4.78, 5) is 0. The molecule has 0 radical (unpaired) electrons. The maximum Gasteiger partial charge on any atom is -0.0167 e. The van der Waals surface area contributed by atoms with E-state index in [9.17, 15) is 0 Å². The zero-order valence-corrected chi connectivity index (χ0v) is 8.59. The van der Waals surface area contributed by atoms with E-state index < -0.39 is 0 Å². The van der Waals surface area contributed by atoms with Gasteiger partial charge in [0.15, 0.2) is 0 Å². The quantitative estimate of drug-likeness (QED) is 0.643. The van der Waals surface area contributed by atoms with Crippen molar-refractivity contribution in [2.45, 2.75) is 26.7 Å². The van der Waals surface area contributed by atoms with E-state index in [0.29, 0.717) is 5.92 Å². The zero-order chi connectivity index (χ0) is 9.68. The van der Waals surface area contributed by atoms with Crippen LogP contribution in [0.2, 0.25) is 0 Å². The molecule has 0 fully saturated rings. The molecule has 1 rings (SSSR count). The molecule has 70 valence electrons. The molecule has 0 atom stereocenters. The Hall–Kier alpha value is -1.04. The van der Waals surface area contributed by atoms with Crippen molar-refractivity contribution in [2.75, 3.05) is 0 Å². The van der Waals surface area contributed by atoms with Crippen molar-refractivity contribution >= 4 is 5.57 Å². The lowest BCUT2D eigenvalue weighted by atomic mass is 9.90. The maximum atomic E-state index is 4.17. The molecule has 0 bridgehead atoms. The first kappa shape index (κ1) is 10.0. The average molecular weight is 174 g/mol. The molecular weight excluding hydrogens is 156 g/mol. The van der Waals surface area contributed by atoms with Crippen molar-refractivity contribution in [1.82, 2.24) is 0 Å². The summed E-state index contributed by atoms with van der Waals surface area (Å²) >= 11 is 0. The molecule has 0 spiro atoms. The van der Waals surface area contributed by atoms with E-state index in [1.165, 1.54) is 24.0 Å². The largest absolute Gasteiger partial charge is 0.0950 e. The molecule has 0 saturated heterocycles. The smallest absolute Gasteiger partial charge is 0.0167 e. The van der Waals surface area contributed by atoms with Gasteiger partial charge >= 0.3 is 0 Å². The van der Waals surface area contributed by atoms with E-state index in [-0.39, 0.29) is 0 Å². The fraction of sp³-hybridized carbons (Fsp3) is 0.385. The third-order valence-corrected chi connectivity index (χ3v) is 2.62. The summed E-state index contributed by atoms with van der Waals surface area (Å²) in [7, 11) is 0. The summed E-state index contributed by atoms with van der Waals surface area (Å²) in [5.74, 6) is 0.641. The second-order valence-electron chi connectivity index (χ2n) is 3.40. The molecule has 0 amide bonds. The van der Waals surface area contributed by atoms with Crippen molar-refractivity contribution in [2.24, 2.45) is 5.92 Å². The number of benzene rings is 1. The first-order valence-corrected chi connectivity index (χ1v) is 5.03. The van der Waals surface area contributed by atoms with Gasteiger partial charge in [0, 0.05) is 0 Å². The van der Waals surface area contributed by atoms with Crippen LogP contribution < -0.4 is 0 Å². The molecule has 0 unspecified atom stereocenters. The molecule has 0 aromatic heterocycles. The Kier molecular flexibility index (Phi) is 3.75. The summed E-state index contributed by atoms with van der Waals surface area (Å²) in [5.41, 5.74) is 2.57. The standard InChI is InChI=1S/C13H18/c1-4-12(5-2)11(3)13-9-7-6-8-10-13/h6-10,12H,3-5H2,1-2H3. The van der Waals surface area contributed by atoms with Crippen LogP contribution in [-0.4, -0.2) is 0 Å². The second-order valence-corrected chi connectivity index (χ2v) is 3.40. The van der Waals surface area contributed by atoms with Crippen LogP contribution in [0.15, 0.2) is 36.9 Å². The van der Waals surface area contributed by atoms with Crippen LogP contribution >= 0.6 is 0 Å². The Bertz CT molecular complexity index is 255. The van der Waals surface area contributed by atoms with Crippen molar-refractivity contribution in [3.63, 3.8) is 0 Å². The minimum Gasteiger partial charge on any atom is -0.0950 e. The van der Waals surface area contributed by atoms with Crippen molar-refractivity contribution in [3.05, 3.63) is 42.5 Å². The van der Waals surface area contributed by atoms with Gasteiger partial charge in [0.05, 0.1) is 0 Å². The predicted molar refractivity (Wildman–Crippen MR) is 59.5 cm³/mol. The van der Waals surface area contributed by atoms with Crippen LogP contribution in [0.4, 0.5) is 0 Å². The van der Waals surface area contributed by atoms with Crippen molar-refractivity contribution in [1.29, 1.82) is 0 Å². The molecule has 13 heavy (non-hydrogen) atoms. The van der Waals surface area contributed by atoms with Gasteiger partial charge in [0.25, 0.3) is 0 Å². The Morgan fingerprint density at radius 3 is 2.15 bits per heavy atom. The fourth-order valence-electron chi connectivity index (χ4n) is 1.67. The molecule has 0 saturated carbocycles. The summed E-state index contributed by atoms with van der Waals surface area (Å²) in [6.45, 7) is 8.62. The van der Waals surface area contributed by atoms with Gasteiger partial charge in [-0.25, -0.2) is 0 Å². The van der Waals surface area contributed by atoms with Crippen LogP contribution in [0.25, 0.3) is 5.57 Å². The molecule has 1 aromatic carbocycles. The first-order chi connectivity index (χ1) is 6.29. The van der Waals surface area contributed by atoms with E-state index >= 15 is 0 Å². The third-order valence-electron chi connectivity index (χ3n) is 2.62. The lowest BCUT2D eigenvalue weighted by Gasteiger charge is -2.15. The SMILES string of the molecule is C=C(c1ccccc1)C(CC)CC. The lowest BCUT2D eigenvalue weighted by molar-refractivity contribution is 0.625. The first-order valence-electron chi connectivity index (χ1n) is 5.03. The predicted octanol–water partition coefficient (Wildman–Crippen LogP) is 4.14. The number of allylic oxidation sites excluding steroid dienone is 1. The van der Waals surface area contributed by atoms with Gasteiger partial charge in [-0.2, -0.15) is 0 Å². The number of hydrogen-bond acceptors (Lipinski definition) is 0. The molecule has 0 N–H and O–H groups in total. The van der Waals surface area contributed by atoms with Gasteiger partial charge in [-0.05, 0) is 29.9 Å². The molecule has 0 aliphatic heterocycles. The van der Waals surface area contributed by atoms with Gasteiger partial charge in [-0.15, -0.1) is 0 Å². The van der Waals surface area contributed by atoms with E-state index in [2.05, 4.69) is 44.7 Å². The van der Waals surface area contributed by atoms with Gasteiger partial charge < -0.3 is 0 Å². The van der Waals surface area contributed by atoms with Crippen LogP contribution in [0.5, 0.6) is 0 Å². The molecule has 0 heterocycles. The van der Waals surface area contributed by atoms with Crippen molar-refractivity contribution in [3.8, 4) is 0 Å². The Labute approximate surface area is 81.3 Å². The summed E-state index contributed by atoms with van der Waals surface area (Å²) in [5, 5.41) is 0. The molecule has 0 aliphatic carbocycles. The molecular formula is C13H18. The maximum absolute atomic E-state index is 4.17. The van der Waals surface area contributed by atoms with E-state index in [4.69, 9.17) is 0 Å². The van der Waals surface area contributed by atoms with Gasteiger partial charge in [-0.1, -0.05) is 50.8 Å². The molecule has 0 nitrogen and oxygen atoms in total. The van der Waals surface area contributed by atoms with Crippen LogP contribution in [0.3, 0.4) is 0 Å². The Morgan fingerprint density at radius 1 is 1.15 bits per heavy atom. The Morgan fingerprint density at radius 2 is 1.69 bits per heavy atom. The highest BCUT2D eigenvalue weighted by Crippen LogP contribution is 2.26.